The highest BCUT2D eigenvalue weighted by Gasteiger charge is 2.22. The highest BCUT2D eigenvalue weighted by Crippen LogP contribution is 2.28. The number of rotatable bonds is 6. The zero-order valence-corrected chi connectivity index (χ0v) is 18.9. The van der Waals surface area contributed by atoms with Crippen molar-refractivity contribution in [3.63, 3.8) is 0 Å². The van der Waals surface area contributed by atoms with Gasteiger partial charge < -0.3 is 19.3 Å². The number of halogens is 1. The van der Waals surface area contributed by atoms with Crippen molar-refractivity contribution in [1.82, 2.24) is 15.1 Å². The van der Waals surface area contributed by atoms with Crippen LogP contribution in [0, 0.1) is 0 Å². The third-order valence-electron chi connectivity index (χ3n) is 5.56. The number of methoxy groups -OCH3 is 2. The molecule has 0 atom stereocenters. The van der Waals surface area contributed by atoms with Gasteiger partial charge in [0.2, 0.25) is 5.91 Å². The van der Waals surface area contributed by atoms with Gasteiger partial charge in [-0.05, 0) is 35.9 Å². The summed E-state index contributed by atoms with van der Waals surface area (Å²) in [6.45, 7) is 2.69. The van der Waals surface area contributed by atoms with E-state index in [0.717, 1.165) is 22.6 Å². The van der Waals surface area contributed by atoms with Crippen molar-refractivity contribution in [2.75, 3.05) is 45.3 Å². The van der Waals surface area contributed by atoms with Crippen molar-refractivity contribution >= 4 is 23.3 Å². The molecule has 1 aliphatic heterocycles. The van der Waals surface area contributed by atoms with Gasteiger partial charge in [-0.25, -0.2) is 0 Å². The topological polar surface area (TPSA) is 67.8 Å². The standard InChI is InChI=1S/C24H25ClN4O3/c1-31-21-9-7-17(15-22(21)32-2)16-24(30)29-13-11-28(12-14-29)23-10-8-20(26-27-23)18-5-3-4-6-19(18)25/h3-10,15H,11-14,16H2,1-2H3. The molecule has 7 nitrogen and oxygen atoms in total. The van der Waals surface area contributed by atoms with E-state index in [1.807, 2.05) is 59.5 Å². The van der Waals surface area contributed by atoms with Gasteiger partial charge in [-0.3, -0.25) is 4.79 Å². The third-order valence-corrected chi connectivity index (χ3v) is 5.89. The monoisotopic (exact) mass is 452 g/mol. The van der Waals surface area contributed by atoms with E-state index in [1.165, 1.54) is 0 Å². The summed E-state index contributed by atoms with van der Waals surface area (Å²) in [5.41, 5.74) is 2.50. The second-order valence-electron chi connectivity index (χ2n) is 7.49. The first kappa shape index (κ1) is 21.9. The second kappa shape index (κ2) is 9.87. The van der Waals surface area contributed by atoms with Gasteiger partial charge in [0, 0.05) is 31.7 Å². The molecule has 2 aromatic carbocycles. The molecule has 4 rings (SSSR count). The maximum absolute atomic E-state index is 12.8. The predicted molar refractivity (Wildman–Crippen MR) is 125 cm³/mol. The van der Waals surface area contributed by atoms with E-state index in [4.69, 9.17) is 21.1 Å². The molecule has 1 aliphatic rings. The molecule has 0 radical (unpaired) electrons. The van der Waals surface area contributed by atoms with Gasteiger partial charge >= 0.3 is 0 Å². The number of hydrogen-bond acceptors (Lipinski definition) is 6. The van der Waals surface area contributed by atoms with Gasteiger partial charge in [0.25, 0.3) is 0 Å². The fourth-order valence-corrected chi connectivity index (χ4v) is 4.00. The molecule has 0 unspecified atom stereocenters. The number of hydrogen-bond donors (Lipinski definition) is 0. The van der Waals surface area contributed by atoms with Crippen LogP contribution in [-0.4, -0.2) is 61.4 Å². The van der Waals surface area contributed by atoms with E-state index >= 15 is 0 Å². The Balaban J connectivity index is 1.35. The molecule has 1 aromatic heterocycles. The largest absolute Gasteiger partial charge is 0.493 e. The quantitative estimate of drug-likeness (QED) is 0.568. The molecule has 0 aliphatic carbocycles. The minimum Gasteiger partial charge on any atom is -0.493 e. The van der Waals surface area contributed by atoms with Crippen LogP contribution in [0.15, 0.2) is 54.6 Å². The zero-order chi connectivity index (χ0) is 22.5. The van der Waals surface area contributed by atoms with Crippen LogP contribution in [0.5, 0.6) is 11.5 Å². The average molecular weight is 453 g/mol. The Kier molecular flexibility index (Phi) is 6.75. The first-order chi connectivity index (χ1) is 15.6. The van der Waals surface area contributed by atoms with Crippen LogP contribution < -0.4 is 14.4 Å². The lowest BCUT2D eigenvalue weighted by Gasteiger charge is -2.35. The van der Waals surface area contributed by atoms with E-state index in [9.17, 15) is 4.79 Å². The van der Waals surface area contributed by atoms with Crippen LogP contribution in [-0.2, 0) is 11.2 Å². The third kappa shape index (κ3) is 4.78. The normalized spacial score (nSPS) is 13.7. The van der Waals surface area contributed by atoms with Gasteiger partial charge in [-0.1, -0.05) is 35.9 Å². The summed E-state index contributed by atoms with van der Waals surface area (Å²) >= 11 is 6.25. The van der Waals surface area contributed by atoms with Crippen molar-refractivity contribution in [3.05, 3.63) is 65.2 Å². The summed E-state index contributed by atoms with van der Waals surface area (Å²) in [6.07, 6.45) is 0.326. The molecule has 3 aromatic rings. The van der Waals surface area contributed by atoms with Crippen molar-refractivity contribution < 1.29 is 14.3 Å². The number of carbonyl (C=O) groups excluding carboxylic acids is 1. The molecule has 8 heteroatoms. The Morgan fingerprint density at radius 2 is 1.69 bits per heavy atom. The number of ether oxygens (including phenoxy) is 2. The molecule has 0 saturated carbocycles. The Labute approximate surface area is 192 Å². The minimum atomic E-state index is 0.0945. The number of nitrogens with zero attached hydrogens (tertiary/aromatic N) is 4. The number of carbonyl (C=O) groups is 1. The maximum atomic E-state index is 12.8. The van der Waals surface area contributed by atoms with E-state index in [2.05, 4.69) is 15.1 Å². The maximum Gasteiger partial charge on any atom is 0.227 e. The SMILES string of the molecule is COc1ccc(CC(=O)N2CCN(c3ccc(-c4ccccc4Cl)nn3)CC2)cc1OC. The highest BCUT2D eigenvalue weighted by molar-refractivity contribution is 6.33. The lowest BCUT2D eigenvalue weighted by atomic mass is 10.1. The summed E-state index contributed by atoms with van der Waals surface area (Å²) in [5.74, 6) is 2.17. The lowest BCUT2D eigenvalue weighted by molar-refractivity contribution is -0.130. The summed E-state index contributed by atoms with van der Waals surface area (Å²) in [6, 6.07) is 17.0. The molecule has 1 saturated heterocycles. The smallest absolute Gasteiger partial charge is 0.227 e. The lowest BCUT2D eigenvalue weighted by Crippen LogP contribution is -2.49. The van der Waals surface area contributed by atoms with Crippen molar-refractivity contribution in [3.8, 4) is 22.8 Å². The van der Waals surface area contributed by atoms with Gasteiger partial charge in [0.1, 0.15) is 0 Å². The molecule has 166 valence electrons. The summed E-state index contributed by atoms with van der Waals surface area (Å²) in [5, 5.41) is 9.38. The van der Waals surface area contributed by atoms with Crippen LogP contribution in [0.25, 0.3) is 11.3 Å². The second-order valence-corrected chi connectivity index (χ2v) is 7.90. The summed E-state index contributed by atoms with van der Waals surface area (Å²) < 4.78 is 10.6. The Morgan fingerprint density at radius 3 is 2.34 bits per heavy atom. The Hall–Kier alpha value is -3.32. The van der Waals surface area contributed by atoms with Crippen LogP contribution in [0.3, 0.4) is 0 Å². The molecule has 1 fully saturated rings. The molecular formula is C24H25ClN4O3. The highest BCUT2D eigenvalue weighted by atomic mass is 35.5. The molecule has 2 heterocycles. The molecule has 0 bridgehead atoms. The van der Waals surface area contributed by atoms with Crippen LogP contribution >= 0.6 is 11.6 Å². The van der Waals surface area contributed by atoms with Crippen molar-refractivity contribution in [2.45, 2.75) is 6.42 Å². The van der Waals surface area contributed by atoms with Crippen LogP contribution in [0.1, 0.15) is 5.56 Å². The average Bonchev–Trinajstić information content (AvgIpc) is 2.84. The number of aromatic nitrogens is 2. The fraction of sp³-hybridized carbons (Fsp3) is 0.292. The van der Waals surface area contributed by atoms with E-state index in [-0.39, 0.29) is 5.91 Å². The van der Waals surface area contributed by atoms with E-state index < -0.39 is 0 Å². The van der Waals surface area contributed by atoms with Gasteiger partial charge in [0.05, 0.1) is 31.4 Å². The molecule has 1 amide bonds. The molecule has 0 spiro atoms. The predicted octanol–water partition coefficient (Wildman–Crippen LogP) is 3.71. The molecule has 0 N–H and O–H groups in total. The number of benzene rings is 2. The minimum absolute atomic E-state index is 0.0945. The summed E-state index contributed by atoms with van der Waals surface area (Å²) in [7, 11) is 3.18. The van der Waals surface area contributed by atoms with E-state index in [1.54, 1.807) is 14.2 Å². The number of piperazine rings is 1. The van der Waals surface area contributed by atoms with Gasteiger partial charge in [-0.15, -0.1) is 10.2 Å². The first-order valence-electron chi connectivity index (χ1n) is 10.4. The van der Waals surface area contributed by atoms with Crippen LogP contribution in [0.4, 0.5) is 5.82 Å². The zero-order valence-electron chi connectivity index (χ0n) is 18.1. The van der Waals surface area contributed by atoms with E-state index in [0.29, 0.717) is 49.1 Å². The van der Waals surface area contributed by atoms with Crippen molar-refractivity contribution in [1.29, 1.82) is 0 Å². The first-order valence-corrected chi connectivity index (χ1v) is 10.8. The number of amides is 1. The van der Waals surface area contributed by atoms with Gasteiger partial charge in [-0.2, -0.15) is 0 Å². The van der Waals surface area contributed by atoms with Crippen molar-refractivity contribution in [2.24, 2.45) is 0 Å². The Bertz CT molecular complexity index is 1080. The molecule has 32 heavy (non-hydrogen) atoms. The fourth-order valence-electron chi connectivity index (χ4n) is 3.77. The summed E-state index contributed by atoms with van der Waals surface area (Å²) in [4.78, 5) is 16.8. The Morgan fingerprint density at radius 1 is 0.938 bits per heavy atom. The van der Waals surface area contributed by atoms with Gasteiger partial charge in [0.15, 0.2) is 17.3 Å². The molecular weight excluding hydrogens is 428 g/mol. The number of anilines is 1. The van der Waals surface area contributed by atoms with Crippen LogP contribution in [0.2, 0.25) is 5.02 Å².